The number of likely N-dealkylation sites (N-methyl/N-ethyl adjacent to an activating group) is 1. The van der Waals surface area contributed by atoms with E-state index in [0.29, 0.717) is 16.0 Å². The molecule has 0 aromatic heterocycles. The fourth-order valence-corrected chi connectivity index (χ4v) is 3.07. The van der Waals surface area contributed by atoms with Gasteiger partial charge in [-0.25, -0.2) is 4.79 Å². The van der Waals surface area contributed by atoms with Crippen LogP contribution in [0.2, 0.25) is 0 Å². The molecule has 0 aliphatic heterocycles. The minimum atomic E-state index is -1.02. The molecule has 0 saturated heterocycles. The van der Waals surface area contributed by atoms with Crippen molar-refractivity contribution in [2.45, 2.75) is 17.9 Å². The number of ether oxygens (including phenoxy) is 1. The van der Waals surface area contributed by atoms with Gasteiger partial charge in [-0.15, -0.1) is 11.8 Å². The molecule has 2 aromatic carbocycles. The van der Waals surface area contributed by atoms with Crippen LogP contribution in [-0.4, -0.2) is 42.4 Å². The van der Waals surface area contributed by atoms with Crippen molar-refractivity contribution in [2.24, 2.45) is 0 Å². The van der Waals surface area contributed by atoms with E-state index in [1.807, 2.05) is 6.07 Å². The van der Waals surface area contributed by atoms with E-state index in [4.69, 9.17) is 4.74 Å². The third-order valence-corrected chi connectivity index (χ3v) is 4.75. The molecule has 0 unspecified atom stereocenters. The van der Waals surface area contributed by atoms with Crippen molar-refractivity contribution in [1.82, 2.24) is 4.90 Å². The molecular formula is C20H21NO4S. The number of esters is 1. The summed E-state index contributed by atoms with van der Waals surface area (Å²) >= 11 is 1.28. The van der Waals surface area contributed by atoms with E-state index < -0.39 is 12.1 Å². The lowest BCUT2D eigenvalue weighted by Crippen LogP contribution is -2.31. The third-order valence-electron chi connectivity index (χ3n) is 3.53. The van der Waals surface area contributed by atoms with Gasteiger partial charge in [0.2, 0.25) is 6.10 Å². The highest BCUT2D eigenvalue weighted by Gasteiger charge is 2.27. The van der Waals surface area contributed by atoms with Crippen LogP contribution in [0.3, 0.4) is 0 Å². The minimum Gasteiger partial charge on any atom is -0.444 e. The van der Waals surface area contributed by atoms with E-state index in [1.54, 1.807) is 62.6 Å². The number of thioether (sulfide) groups is 1. The Morgan fingerprint density at radius 1 is 1.00 bits per heavy atom. The summed E-state index contributed by atoms with van der Waals surface area (Å²) in [6, 6.07) is 15.8. The van der Waals surface area contributed by atoms with Crippen LogP contribution >= 0.6 is 11.8 Å². The predicted octanol–water partition coefficient (Wildman–Crippen LogP) is 3.35. The smallest absolute Gasteiger partial charge is 0.340 e. The normalized spacial score (nSPS) is 11.5. The van der Waals surface area contributed by atoms with Gasteiger partial charge in [0.25, 0.3) is 5.91 Å². The van der Waals surface area contributed by atoms with E-state index in [2.05, 4.69) is 0 Å². The molecular weight excluding hydrogens is 350 g/mol. The zero-order valence-corrected chi connectivity index (χ0v) is 15.8. The number of hydrogen-bond acceptors (Lipinski definition) is 5. The van der Waals surface area contributed by atoms with E-state index in [9.17, 15) is 14.4 Å². The molecule has 0 radical (unpaired) electrons. The first-order valence-corrected chi connectivity index (χ1v) is 9.07. The summed E-state index contributed by atoms with van der Waals surface area (Å²) in [7, 11) is 3.23. The molecule has 1 amide bonds. The van der Waals surface area contributed by atoms with Crippen LogP contribution in [0.4, 0.5) is 0 Å². The van der Waals surface area contributed by atoms with Crippen molar-refractivity contribution in [2.75, 3.05) is 19.8 Å². The van der Waals surface area contributed by atoms with Gasteiger partial charge in [-0.2, -0.15) is 0 Å². The van der Waals surface area contributed by atoms with E-state index in [1.165, 1.54) is 23.6 Å². The van der Waals surface area contributed by atoms with Crippen LogP contribution in [0.25, 0.3) is 0 Å². The third kappa shape index (κ3) is 5.20. The Bertz CT molecular complexity index is 789. The Hall–Kier alpha value is -2.60. The number of carbonyl (C=O) groups is 3. The topological polar surface area (TPSA) is 63.7 Å². The summed E-state index contributed by atoms with van der Waals surface area (Å²) in [4.78, 5) is 38.5. The van der Waals surface area contributed by atoms with Crippen LogP contribution in [0.5, 0.6) is 0 Å². The van der Waals surface area contributed by atoms with Crippen molar-refractivity contribution in [3.8, 4) is 0 Å². The summed E-state index contributed by atoms with van der Waals surface area (Å²) in [6.45, 7) is 1.50. The Balaban J connectivity index is 2.28. The summed E-state index contributed by atoms with van der Waals surface area (Å²) in [6.07, 6.45) is -1.02. The van der Waals surface area contributed by atoms with Crippen molar-refractivity contribution in [3.05, 3.63) is 65.7 Å². The second-order valence-corrected chi connectivity index (χ2v) is 6.93. The molecule has 6 heteroatoms. The molecule has 0 fully saturated rings. The maximum atomic E-state index is 12.7. The maximum Gasteiger partial charge on any atom is 0.340 e. The molecule has 2 aromatic rings. The van der Waals surface area contributed by atoms with Gasteiger partial charge < -0.3 is 9.64 Å². The lowest BCUT2D eigenvalue weighted by atomic mass is 10.1. The van der Waals surface area contributed by atoms with Gasteiger partial charge >= 0.3 is 5.97 Å². The van der Waals surface area contributed by atoms with Gasteiger partial charge in [-0.1, -0.05) is 42.5 Å². The number of hydrogen-bond donors (Lipinski definition) is 0. The monoisotopic (exact) mass is 371 g/mol. The first-order chi connectivity index (χ1) is 12.4. The van der Waals surface area contributed by atoms with Crippen LogP contribution in [-0.2, 0) is 14.3 Å². The minimum absolute atomic E-state index is 0.0168. The van der Waals surface area contributed by atoms with Crippen LogP contribution < -0.4 is 0 Å². The zero-order valence-electron chi connectivity index (χ0n) is 15.0. The van der Waals surface area contributed by atoms with Crippen molar-refractivity contribution >= 4 is 29.4 Å². The van der Waals surface area contributed by atoms with E-state index >= 15 is 0 Å². The lowest BCUT2D eigenvalue weighted by Gasteiger charge is -2.21. The van der Waals surface area contributed by atoms with Crippen molar-refractivity contribution in [3.63, 3.8) is 0 Å². The largest absolute Gasteiger partial charge is 0.444 e. The first-order valence-electron chi connectivity index (χ1n) is 8.08. The van der Waals surface area contributed by atoms with Gasteiger partial charge in [-0.05, 0) is 19.1 Å². The van der Waals surface area contributed by atoms with Gasteiger partial charge in [0, 0.05) is 24.6 Å². The Kier molecular flexibility index (Phi) is 6.97. The molecule has 0 saturated carbocycles. The number of carbonyl (C=O) groups excluding carboxylic acids is 3. The van der Waals surface area contributed by atoms with Crippen molar-refractivity contribution < 1.29 is 19.1 Å². The summed E-state index contributed by atoms with van der Waals surface area (Å²) in [5.74, 6) is -0.634. The summed E-state index contributed by atoms with van der Waals surface area (Å²) in [5.41, 5.74) is 0.944. The number of rotatable bonds is 7. The van der Waals surface area contributed by atoms with Crippen LogP contribution in [0.1, 0.15) is 28.9 Å². The number of nitrogens with zero attached hydrogens (tertiary/aromatic N) is 1. The summed E-state index contributed by atoms with van der Waals surface area (Å²) < 4.78 is 5.56. The molecule has 1 atom stereocenters. The standard InChI is InChI=1S/C20H21NO4S/c1-14(22)13-26-17-12-8-7-11-16(17)20(24)25-18(19(23)21(2)3)15-9-5-4-6-10-15/h4-12,18H,13H2,1-3H3/t18-/m1/s1. The number of amides is 1. The fourth-order valence-electron chi connectivity index (χ4n) is 2.23. The summed E-state index contributed by atoms with van der Waals surface area (Å²) in [5, 5.41) is 0. The van der Waals surface area contributed by atoms with E-state index in [-0.39, 0.29) is 17.4 Å². The SMILES string of the molecule is CC(=O)CSc1ccccc1C(=O)O[C@@H](C(=O)N(C)C)c1ccccc1. The maximum absolute atomic E-state index is 12.7. The Labute approximate surface area is 157 Å². The van der Waals surface area contributed by atoms with Gasteiger partial charge in [0.1, 0.15) is 5.78 Å². The number of benzene rings is 2. The van der Waals surface area contributed by atoms with Gasteiger partial charge in [0.15, 0.2) is 0 Å². The molecule has 0 bridgehead atoms. The average molecular weight is 371 g/mol. The first kappa shape index (κ1) is 19.7. The molecule has 0 heterocycles. The zero-order chi connectivity index (χ0) is 19.1. The van der Waals surface area contributed by atoms with Crippen LogP contribution in [0.15, 0.2) is 59.5 Å². The average Bonchev–Trinajstić information content (AvgIpc) is 2.64. The fraction of sp³-hybridized carbons (Fsp3) is 0.250. The highest BCUT2D eigenvalue weighted by Crippen LogP contribution is 2.26. The molecule has 136 valence electrons. The van der Waals surface area contributed by atoms with Gasteiger partial charge in [0.05, 0.1) is 11.3 Å². The highest BCUT2D eigenvalue weighted by molar-refractivity contribution is 8.00. The molecule has 0 spiro atoms. The molecule has 26 heavy (non-hydrogen) atoms. The second-order valence-electron chi connectivity index (χ2n) is 5.92. The molecule has 2 rings (SSSR count). The number of Topliss-reactive ketones (excluding diaryl/α,β-unsaturated/α-hetero) is 1. The second kappa shape index (κ2) is 9.20. The highest BCUT2D eigenvalue weighted by atomic mass is 32.2. The molecule has 0 aliphatic carbocycles. The molecule has 0 N–H and O–H groups in total. The Morgan fingerprint density at radius 2 is 1.62 bits per heavy atom. The lowest BCUT2D eigenvalue weighted by molar-refractivity contribution is -0.138. The molecule has 0 aliphatic rings. The molecule has 5 nitrogen and oxygen atoms in total. The Morgan fingerprint density at radius 3 is 2.23 bits per heavy atom. The van der Waals surface area contributed by atoms with Crippen molar-refractivity contribution in [1.29, 1.82) is 0 Å². The van der Waals surface area contributed by atoms with Gasteiger partial charge in [-0.3, -0.25) is 9.59 Å². The number of ketones is 1. The quantitative estimate of drug-likeness (QED) is 0.552. The van der Waals surface area contributed by atoms with E-state index in [0.717, 1.165) is 0 Å². The predicted molar refractivity (Wildman–Crippen MR) is 101 cm³/mol. The van der Waals surface area contributed by atoms with Crippen LogP contribution in [0, 0.1) is 0 Å².